The molecule has 2 saturated heterocycles. The molecule has 0 amide bonds. The molecule has 2 aliphatic heterocycles. The van der Waals surface area contributed by atoms with Crippen molar-refractivity contribution in [2.45, 2.75) is 63.8 Å². The van der Waals surface area contributed by atoms with Crippen LogP contribution in [0.5, 0.6) is 0 Å². The molecule has 5 rings (SSSR count). The van der Waals surface area contributed by atoms with Crippen LogP contribution in [0.4, 0.5) is 0 Å². The van der Waals surface area contributed by atoms with Crippen LogP contribution >= 0.6 is 0 Å². The van der Waals surface area contributed by atoms with Gasteiger partial charge in [-0.15, -0.1) is 0 Å². The fraction of sp³-hybridized carbons (Fsp3) is 0.682. The summed E-state index contributed by atoms with van der Waals surface area (Å²) in [5.74, 6) is -2.04. The van der Waals surface area contributed by atoms with Gasteiger partial charge in [0, 0.05) is 18.9 Å². The van der Waals surface area contributed by atoms with Crippen LogP contribution in [0.3, 0.4) is 0 Å². The average Bonchev–Trinajstić information content (AvgIpc) is 3.38. The molecule has 0 bridgehead atoms. The third-order valence-electron chi connectivity index (χ3n) is 8.24. The van der Waals surface area contributed by atoms with E-state index in [1.807, 2.05) is 6.92 Å². The number of cyclic esters (lactones) is 1. The van der Waals surface area contributed by atoms with Gasteiger partial charge in [0.2, 0.25) is 0 Å². The molecule has 1 aromatic rings. The van der Waals surface area contributed by atoms with E-state index in [0.29, 0.717) is 25.7 Å². The highest BCUT2D eigenvalue weighted by atomic mass is 16.6. The van der Waals surface area contributed by atoms with Crippen molar-refractivity contribution in [3.63, 3.8) is 0 Å². The number of fused-ring (bicyclic) bond motifs is 1. The zero-order valence-electron chi connectivity index (χ0n) is 17.1. The van der Waals surface area contributed by atoms with Crippen LogP contribution in [0.2, 0.25) is 0 Å². The van der Waals surface area contributed by atoms with Gasteiger partial charge in [-0.25, -0.2) is 4.79 Å². The highest BCUT2D eigenvalue weighted by molar-refractivity contribution is 5.86. The summed E-state index contributed by atoms with van der Waals surface area (Å²) >= 11 is 0. The van der Waals surface area contributed by atoms with Crippen LogP contribution in [0.25, 0.3) is 0 Å². The molecule has 1 N–H and O–H groups in total. The van der Waals surface area contributed by atoms with Gasteiger partial charge in [0.1, 0.15) is 18.8 Å². The van der Waals surface area contributed by atoms with Crippen LogP contribution in [0.15, 0.2) is 23.0 Å². The molecule has 162 valence electrons. The normalized spacial score (nSPS) is 44.5. The lowest BCUT2D eigenvalue weighted by Crippen LogP contribution is -2.68. The summed E-state index contributed by atoms with van der Waals surface area (Å²) in [6.45, 7) is 3.12. The van der Waals surface area contributed by atoms with Crippen molar-refractivity contribution in [1.82, 2.24) is 0 Å². The Morgan fingerprint density at radius 2 is 2.10 bits per heavy atom. The van der Waals surface area contributed by atoms with Gasteiger partial charge in [-0.05, 0) is 43.6 Å². The molecule has 1 spiro atoms. The summed E-state index contributed by atoms with van der Waals surface area (Å²) in [6.07, 6.45) is 4.30. The fourth-order valence-electron chi connectivity index (χ4n) is 6.84. The minimum absolute atomic E-state index is 0.129. The summed E-state index contributed by atoms with van der Waals surface area (Å²) < 4.78 is 22.1. The Labute approximate surface area is 173 Å². The number of carbonyl (C=O) groups excluding carboxylic acids is 3. The first-order valence-electron chi connectivity index (χ1n) is 10.6. The second-order valence-electron chi connectivity index (χ2n) is 9.35. The van der Waals surface area contributed by atoms with Gasteiger partial charge in [-0.3, -0.25) is 9.59 Å². The van der Waals surface area contributed by atoms with Crippen LogP contribution in [0, 0.1) is 22.7 Å². The van der Waals surface area contributed by atoms with Gasteiger partial charge in [-0.2, -0.15) is 0 Å². The van der Waals surface area contributed by atoms with Gasteiger partial charge in [0.05, 0.1) is 23.4 Å². The number of aliphatic hydroxyl groups is 1. The van der Waals surface area contributed by atoms with Crippen molar-refractivity contribution < 1.29 is 38.1 Å². The summed E-state index contributed by atoms with van der Waals surface area (Å²) in [5, 5.41) is 11.6. The molecule has 8 heteroatoms. The first-order chi connectivity index (χ1) is 14.3. The lowest BCUT2D eigenvalue weighted by atomic mass is 9.42. The molecule has 1 aromatic heterocycles. The van der Waals surface area contributed by atoms with Crippen molar-refractivity contribution in [2.24, 2.45) is 22.7 Å². The maximum atomic E-state index is 13.5. The molecule has 4 aliphatic rings. The minimum Gasteiger partial charge on any atom is -0.472 e. The van der Waals surface area contributed by atoms with Crippen LogP contribution < -0.4 is 0 Å². The summed E-state index contributed by atoms with van der Waals surface area (Å²) in [4.78, 5) is 38.0. The van der Waals surface area contributed by atoms with Gasteiger partial charge in [0.25, 0.3) is 0 Å². The molecule has 4 fully saturated rings. The van der Waals surface area contributed by atoms with Gasteiger partial charge in [0.15, 0.2) is 5.60 Å². The van der Waals surface area contributed by atoms with E-state index in [1.54, 1.807) is 18.6 Å². The smallest absolute Gasteiger partial charge is 0.339 e. The number of rotatable bonds is 3. The predicted molar refractivity (Wildman–Crippen MR) is 99.6 cm³/mol. The first kappa shape index (κ1) is 19.6. The first-order valence-corrected chi connectivity index (χ1v) is 10.6. The Morgan fingerprint density at radius 1 is 1.30 bits per heavy atom. The highest BCUT2D eigenvalue weighted by Gasteiger charge is 2.79. The van der Waals surface area contributed by atoms with Crippen molar-refractivity contribution in [1.29, 1.82) is 0 Å². The van der Waals surface area contributed by atoms with E-state index < -0.39 is 46.5 Å². The Balaban J connectivity index is 1.63. The molecule has 3 heterocycles. The van der Waals surface area contributed by atoms with Gasteiger partial charge >= 0.3 is 17.9 Å². The summed E-state index contributed by atoms with van der Waals surface area (Å²) in [6, 6.07) is 1.78. The van der Waals surface area contributed by atoms with E-state index in [1.165, 1.54) is 6.92 Å². The zero-order chi connectivity index (χ0) is 21.3. The fourth-order valence-corrected chi connectivity index (χ4v) is 6.84. The molecule has 8 nitrogen and oxygen atoms in total. The Hall–Kier alpha value is -2.35. The highest BCUT2D eigenvalue weighted by Crippen LogP contribution is 2.70. The number of carbonyl (C=O) groups is 3. The maximum absolute atomic E-state index is 13.5. The van der Waals surface area contributed by atoms with E-state index in [0.717, 1.165) is 5.56 Å². The predicted octanol–water partition coefficient (Wildman–Crippen LogP) is 2.30. The SMILES string of the molecule is CC(=O)OC[C@]12[C@@H]3C[C@H](C)[C@@]4(C[C@@H](c5ccoc5)OC4=O)[C@H]1CCC[C@]2(O)C(=O)O3. The quantitative estimate of drug-likeness (QED) is 0.588. The number of hydrogen-bond donors (Lipinski definition) is 1. The number of furan rings is 1. The lowest BCUT2D eigenvalue weighted by Gasteiger charge is -2.59. The lowest BCUT2D eigenvalue weighted by molar-refractivity contribution is -0.220. The second kappa shape index (κ2) is 6.33. The Bertz CT molecular complexity index is 893. The molecule has 30 heavy (non-hydrogen) atoms. The van der Waals surface area contributed by atoms with E-state index in [9.17, 15) is 19.5 Å². The topological polar surface area (TPSA) is 112 Å². The van der Waals surface area contributed by atoms with E-state index in [2.05, 4.69) is 0 Å². The molecular weight excluding hydrogens is 392 g/mol. The monoisotopic (exact) mass is 418 g/mol. The standard InChI is InChI=1S/C22H26O8/c1-12-8-17-21(11-28-13(2)23)16(4-3-6-22(21,26)19(25)30-17)20(12)9-15(29-18(20)24)14-5-7-27-10-14/h5,7,10,12,15-17,26H,3-4,6,8-9,11H2,1-2H3/t12-,15-,16+,17-,20-,21+,22-/m0/s1. The molecule has 0 radical (unpaired) electrons. The Morgan fingerprint density at radius 3 is 2.80 bits per heavy atom. The van der Waals surface area contributed by atoms with E-state index >= 15 is 0 Å². The van der Waals surface area contributed by atoms with Crippen LogP contribution in [0.1, 0.15) is 57.6 Å². The number of esters is 3. The van der Waals surface area contributed by atoms with Crippen LogP contribution in [-0.2, 0) is 28.6 Å². The van der Waals surface area contributed by atoms with Crippen molar-refractivity contribution in [2.75, 3.05) is 6.61 Å². The zero-order valence-corrected chi connectivity index (χ0v) is 17.1. The van der Waals surface area contributed by atoms with E-state index in [4.69, 9.17) is 18.6 Å². The minimum atomic E-state index is -1.78. The molecule has 2 aliphatic carbocycles. The second-order valence-corrected chi connectivity index (χ2v) is 9.35. The third-order valence-corrected chi connectivity index (χ3v) is 8.24. The largest absolute Gasteiger partial charge is 0.472 e. The van der Waals surface area contributed by atoms with Gasteiger partial charge in [-0.1, -0.05) is 6.92 Å². The number of hydrogen-bond acceptors (Lipinski definition) is 8. The average molecular weight is 418 g/mol. The van der Waals surface area contributed by atoms with Crippen molar-refractivity contribution in [3.8, 4) is 0 Å². The summed E-state index contributed by atoms with van der Waals surface area (Å²) in [5.41, 5.74) is -3.06. The number of ether oxygens (including phenoxy) is 3. The molecule has 0 unspecified atom stereocenters. The van der Waals surface area contributed by atoms with E-state index in [-0.39, 0.29) is 24.9 Å². The summed E-state index contributed by atoms with van der Waals surface area (Å²) in [7, 11) is 0. The Kier molecular flexibility index (Phi) is 4.13. The van der Waals surface area contributed by atoms with Crippen molar-refractivity contribution in [3.05, 3.63) is 24.2 Å². The molecule has 2 saturated carbocycles. The third kappa shape index (κ3) is 2.23. The van der Waals surface area contributed by atoms with Crippen molar-refractivity contribution >= 4 is 17.9 Å². The molecule has 0 aromatic carbocycles. The maximum Gasteiger partial charge on any atom is 0.339 e. The molecular formula is C22H26O8. The molecule has 7 atom stereocenters. The van der Waals surface area contributed by atoms with Crippen LogP contribution in [-0.4, -0.2) is 41.3 Å². The van der Waals surface area contributed by atoms with Gasteiger partial charge < -0.3 is 23.7 Å².